The first-order chi connectivity index (χ1) is 18.7. The number of nitrogens with zero attached hydrogens (tertiary/aromatic N) is 4. The molecule has 0 bridgehead atoms. The lowest BCUT2D eigenvalue weighted by molar-refractivity contribution is -0.115. The van der Waals surface area contributed by atoms with Gasteiger partial charge in [-0.05, 0) is 69.8 Å². The number of carbonyl (C=O) groups excluding carboxylic acids is 2. The van der Waals surface area contributed by atoms with Crippen LogP contribution in [0.25, 0.3) is 0 Å². The van der Waals surface area contributed by atoms with Crippen LogP contribution in [0.3, 0.4) is 0 Å². The monoisotopic (exact) mass is 555 g/mol. The first-order valence-corrected chi connectivity index (χ1v) is 14.4. The van der Waals surface area contributed by atoms with Crippen molar-refractivity contribution < 1.29 is 9.59 Å². The fraction of sp³-hybridized carbons (Fsp3) is 0.552. The maximum atomic E-state index is 12.3. The van der Waals surface area contributed by atoms with Gasteiger partial charge in [0.05, 0.1) is 16.9 Å². The van der Waals surface area contributed by atoms with Crippen molar-refractivity contribution in [3.63, 3.8) is 0 Å². The first kappa shape index (κ1) is 29.1. The van der Waals surface area contributed by atoms with Gasteiger partial charge in [0.1, 0.15) is 11.0 Å². The smallest absolute Gasteiger partial charge is 0.248 e. The largest absolute Gasteiger partial charge is 0.370 e. The molecule has 3 aliphatic rings. The summed E-state index contributed by atoms with van der Waals surface area (Å²) in [7, 11) is 2.19. The van der Waals surface area contributed by atoms with Crippen molar-refractivity contribution in [3.8, 4) is 0 Å². The van der Waals surface area contributed by atoms with Gasteiger partial charge in [0, 0.05) is 57.9 Å². The fourth-order valence-corrected chi connectivity index (χ4v) is 6.14. The second kappa shape index (κ2) is 13.0. The predicted octanol–water partition coefficient (Wildman–Crippen LogP) is 4.13. The molecule has 0 unspecified atom stereocenters. The zero-order chi connectivity index (χ0) is 28.1. The zero-order valence-corrected chi connectivity index (χ0v) is 24.4. The number of amides is 2. The summed E-state index contributed by atoms with van der Waals surface area (Å²) in [6.07, 6.45) is 4.09. The van der Waals surface area contributed by atoms with Crippen LogP contribution in [0.15, 0.2) is 45.7 Å². The number of anilines is 3. The molecule has 0 saturated carbocycles. The van der Waals surface area contributed by atoms with Crippen LogP contribution in [0.5, 0.6) is 0 Å². The van der Waals surface area contributed by atoms with E-state index in [1.807, 2.05) is 32.0 Å². The molecule has 212 valence electrons. The van der Waals surface area contributed by atoms with E-state index >= 15 is 0 Å². The predicted molar refractivity (Wildman–Crippen MR) is 160 cm³/mol. The number of hydrogen-bond acceptors (Lipinski definition) is 7. The number of benzene rings is 1. The molecule has 0 atom stereocenters. The molecule has 4 N–H and O–H groups in total. The highest BCUT2D eigenvalue weighted by molar-refractivity contribution is 6.69. The Morgan fingerprint density at radius 2 is 1.79 bits per heavy atom. The average molecular weight is 556 g/mol. The van der Waals surface area contributed by atoms with E-state index in [2.05, 4.69) is 37.4 Å². The Labute approximate surface area is 237 Å². The quantitative estimate of drug-likeness (QED) is 0.467. The summed E-state index contributed by atoms with van der Waals surface area (Å²) < 4.78 is 0. The second-order valence-corrected chi connectivity index (χ2v) is 11.2. The number of primary amides is 1. The summed E-state index contributed by atoms with van der Waals surface area (Å²) >= 11 is 6.58. The number of nitrogens with one attached hydrogen (secondary N) is 2. The molecule has 2 saturated heterocycles. The van der Waals surface area contributed by atoms with E-state index in [1.54, 1.807) is 0 Å². The van der Waals surface area contributed by atoms with Crippen LogP contribution in [-0.2, 0) is 9.59 Å². The number of nitrogens with two attached hydrogens (primary N) is 1. The Morgan fingerprint density at radius 3 is 2.41 bits per heavy atom. The van der Waals surface area contributed by atoms with Crippen molar-refractivity contribution in [2.45, 2.75) is 58.9 Å². The van der Waals surface area contributed by atoms with Gasteiger partial charge in [0.25, 0.3) is 0 Å². The molecular formula is C29H42ClN7O2. The Balaban J connectivity index is 1.56. The molecule has 0 aromatic heterocycles. The topological polar surface area (TPSA) is 106 Å². The van der Waals surface area contributed by atoms with Crippen LogP contribution in [-0.4, -0.2) is 79.1 Å². The Kier molecular flexibility index (Phi) is 9.69. The number of hydrogen-bond donors (Lipinski definition) is 3. The van der Waals surface area contributed by atoms with Crippen LogP contribution in [0.2, 0.25) is 0 Å². The van der Waals surface area contributed by atoms with Gasteiger partial charge in [0.15, 0.2) is 0 Å². The van der Waals surface area contributed by atoms with E-state index in [4.69, 9.17) is 17.3 Å². The highest BCUT2D eigenvalue weighted by atomic mass is 35.5. The summed E-state index contributed by atoms with van der Waals surface area (Å²) in [4.78, 5) is 36.4. The van der Waals surface area contributed by atoms with E-state index in [0.29, 0.717) is 41.1 Å². The Morgan fingerprint density at radius 1 is 1.10 bits per heavy atom. The zero-order valence-electron chi connectivity index (χ0n) is 23.6. The number of carbonyl (C=O) groups is 2. The molecular weight excluding hydrogens is 514 g/mol. The molecule has 39 heavy (non-hydrogen) atoms. The first-order valence-electron chi connectivity index (χ1n) is 14.0. The number of allylic oxidation sites excluding steroid dienone is 2. The second-order valence-electron chi connectivity index (χ2n) is 10.8. The van der Waals surface area contributed by atoms with Crippen molar-refractivity contribution in [2.24, 2.45) is 10.7 Å². The highest BCUT2D eigenvalue weighted by Crippen LogP contribution is 2.34. The summed E-state index contributed by atoms with van der Waals surface area (Å²) in [6, 6.07) is 6.46. The van der Waals surface area contributed by atoms with Gasteiger partial charge in [0.2, 0.25) is 11.8 Å². The normalized spacial score (nSPS) is 20.4. The molecule has 0 aliphatic carbocycles. The number of piperazine rings is 1. The van der Waals surface area contributed by atoms with Gasteiger partial charge in [-0.2, -0.15) is 0 Å². The number of halogens is 1. The van der Waals surface area contributed by atoms with E-state index < -0.39 is 5.91 Å². The van der Waals surface area contributed by atoms with Crippen LogP contribution in [0, 0.1) is 0 Å². The van der Waals surface area contributed by atoms with Crippen molar-refractivity contribution in [3.05, 3.63) is 40.7 Å². The third kappa shape index (κ3) is 7.21. The molecule has 10 heteroatoms. The van der Waals surface area contributed by atoms with Crippen molar-refractivity contribution in [1.29, 1.82) is 0 Å². The third-order valence-electron chi connectivity index (χ3n) is 8.09. The molecule has 2 fully saturated rings. The average Bonchev–Trinajstić information content (AvgIpc) is 2.89. The van der Waals surface area contributed by atoms with Crippen LogP contribution in [0.4, 0.5) is 17.1 Å². The fourth-order valence-electron chi connectivity index (χ4n) is 5.76. The van der Waals surface area contributed by atoms with Crippen LogP contribution < -0.4 is 21.3 Å². The summed E-state index contributed by atoms with van der Waals surface area (Å²) in [5.41, 5.74) is 10.6. The minimum absolute atomic E-state index is 0.141. The van der Waals surface area contributed by atoms with E-state index in [9.17, 15) is 9.59 Å². The molecule has 0 radical (unpaired) electrons. The molecule has 3 aliphatic heterocycles. The van der Waals surface area contributed by atoms with Crippen molar-refractivity contribution >= 4 is 45.6 Å². The molecule has 1 aromatic rings. The lowest BCUT2D eigenvalue weighted by atomic mass is 9.98. The minimum Gasteiger partial charge on any atom is -0.370 e. The Bertz CT molecular complexity index is 1180. The number of piperidine rings is 1. The van der Waals surface area contributed by atoms with E-state index in [-0.39, 0.29) is 5.91 Å². The maximum absolute atomic E-state index is 12.3. The minimum atomic E-state index is -0.527. The highest BCUT2D eigenvalue weighted by Gasteiger charge is 2.28. The molecule has 4 rings (SSSR count). The standard InChI is InChI=1S/C29H42ClN7O2/c1-5-23-19(2)6-8-24(28(31)39)29(34-27(23)30)33-21-7-9-26(25(18-21)32-20(3)38)37-12-10-22(11-13-37)36-16-14-35(4)15-17-36/h7,9,18,22,33H,5-6,8,10-17H2,1-4H3,(H2,31,39)(H,32,38). The van der Waals surface area contributed by atoms with Crippen molar-refractivity contribution in [1.82, 2.24) is 9.80 Å². The van der Waals surface area contributed by atoms with Crippen LogP contribution >= 0.6 is 11.6 Å². The molecule has 9 nitrogen and oxygen atoms in total. The SMILES string of the molecule is CCC1=C(C)CCC(C(N)=O)=C(Nc2ccc(N3CCC(N4CCN(C)CC4)CC3)c(NC(C)=O)c2)N=C1Cl. The Hall–Kier alpha value is -2.88. The summed E-state index contributed by atoms with van der Waals surface area (Å²) in [6.45, 7) is 11.9. The molecule has 2 amide bonds. The molecule has 0 spiro atoms. The lowest BCUT2D eigenvalue weighted by Crippen LogP contribution is -2.52. The van der Waals surface area contributed by atoms with E-state index in [1.165, 1.54) is 6.92 Å². The number of likely N-dealkylation sites (N-methyl/N-ethyl adjacent to an activating group) is 1. The van der Waals surface area contributed by atoms with Gasteiger partial charge >= 0.3 is 0 Å². The number of aliphatic imine (C=N–C) groups is 1. The maximum Gasteiger partial charge on any atom is 0.248 e. The summed E-state index contributed by atoms with van der Waals surface area (Å²) in [5.74, 6) is -0.321. The molecule has 1 aromatic carbocycles. The van der Waals surface area contributed by atoms with Crippen molar-refractivity contribution in [2.75, 3.05) is 61.8 Å². The van der Waals surface area contributed by atoms with Gasteiger partial charge in [-0.1, -0.05) is 24.1 Å². The van der Waals surface area contributed by atoms with Gasteiger partial charge in [-0.3, -0.25) is 14.5 Å². The van der Waals surface area contributed by atoms with Gasteiger partial charge in [-0.15, -0.1) is 0 Å². The van der Waals surface area contributed by atoms with Gasteiger partial charge in [-0.25, -0.2) is 4.99 Å². The lowest BCUT2D eigenvalue weighted by Gasteiger charge is -2.43. The third-order valence-corrected chi connectivity index (χ3v) is 8.40. The van der Waals surface area contributed by atoms with Gasteiger partial charge < -0.3 is 26.2 Å². The number of rotatable bonds is 7. The van der Waals surface area contributed by atoms with E-state index in [0.717, 1.165) is 81.1 Å². The molecule has 3 heterocycles. The van der Waals surface area contributed by atoms with Crippen LogP contribution in [0.1, 0.15) is 52.9 Å². The summed E-state index contributed by atoms with van der Waals surface area (Å²) in [5, 5.41) is 6.63.